The fourth-order valence-electron chi connectivity index (χ4n) is 1.57. The molecule has 2 N–H and O–H groups in total. The quantitative estimate of drug-likeness (QED) is 0.629. The van der Waals surface area contributed by atoms with Crippen LogP contribution in [0.2, 0.25) is 0 Å². The summed E-state index contributed by atoms with van der Waals surface area (Å²) in [6.45, 7) is 8.13. The van der Waals surface area contributed by atoms with Crippen molar-refractivity contribution in [2.75, 3.05) is 13.1 Å². The molecule has 0 aromatic carbocycles. The predicted octanol–water partition coefficient (Wildman–Crippen LogP) is 1.15. The second kappa shape index (κ2) is 5.35. The maximum atomic E-state index is 11.2. The van der Waals surface area contributed by atoms with Gasteiger partial charge in [0.15, 0.2) is 0 Å². The minimum atomic E-state index is 0.149. The predicted molar refractivity (Wildman–Crippen MR) is 58.0 cm³/mol. The molecule has 0 aromatic heterocycles. The lowest BCUT2D eigenvalue weighted by Gasteiger charge is -2.08. The number of carbonyl (C=O) groups is 1. The van der Waals surface area contributed by atoms with Gasteiger partial charge in [-0.05, 0) is 38.6 Å². The van der Waals surface area contributed by atoms with Crippen LogP contribution in [0.15, 0.2) is 0 Å². The fraction of sp³-hybridized carbons (Fsp3) is 0.909. The van der Waals surface area contributed by atoms with E-state index in [-0.39, 0.29) is 11.9 Å². The van der Waals surface area contributed by atoms with Crippen molar-refractivity contribution in [3.8, 4) is 0 Å². The van der Waals surface area contributed by atoms with Crippen LogP contribution >= 0.6 is 0 Å². The molecule has 14 heavy (non-hydrogen) atoms. The fourth-order valence-corrected chi connectivity index (χ4v) is 1.57. The van der Waals surface area contributed by atoms with E-state index < -0.39 is 0 Å². The molecular weight excluding hydrogens is 176 g/mol. The van der Waals surface area contributed by atoms with Gasteiger partial charge in [-0.15, -0.1) is 0 Å². The second-order valence-corrected chi connectivity index (χ2v) is 4.65. The zero-order chi connectivity index (χ0) is 10.6. The van der Waals surface area contributed by atoms with Gasteiger partial charge in [-0.3, -0.25) is 4.79 Å². The standard InChI is InChI=1S/C11H22N2O/c1-8(2)13-11(14)4-5-12-7-10-6-9(10)3/h8-10,12H,4-7H2,1-3H3,(H,13,14). The first kappa shape index (κ1) is 11.5. The van der Waals surface area contributed by atoms with Crippen LogP contribution in [0.1, 0.15) is 33.6 Å². The van der Waals surface area contributed by atoms with E-state index >= 15 is 0 Å². The van der Waals surface area contributed by atoms with Gasteiger partial charge in [0.05, 0.1) is 0 Å². The SMILES string of the molecule is CC(C)NC(=O)CCNCC1CC1C. The van der Waals surface area contributed by atoms with Gasteiger partial charge in [0.2, 0.25) is 5.91 Å². The molecule has 1 saturated carbocycles. The molecule has 1 aliphatic carbocycles. The Morgan fingerprint density at radius 1 is 1.50 bits per heavy atom. The Bertz CT molecular complexity index is 192. The van der Waals surface area contributed by atoms with Crippen LogP contribution in [0.3, 0.4) is 0 Å². The van der Waals surface area contributed by atoms with Crippen LogP contribution in [0, 0.1) is 11.8 Å². The van der Waals surface area contributed by atoms with Crippen molar-refractivity contribution in [1.29, 1.82) is 0 Å². The first-order chi connectivity index (χ1) is 6.59. The Hall–Kier alpha value is -0.570. The molecule has 0 saturated heterocycles. The van der Waals surface area contributed by atoms with E-state index in [0.29, 0.717) is 6.42 Å². The summed E-state index contributed by atoms with van der Waals surface area (Å²) in [6.07, 6.45) is 1.95. The van der Waals surface area contributed by atoms with E-state index in [4.69, 9.17) is 0 Å². The molecule has 0 heterocycles. The van der Waals surface area contributed by atoms with E-state index in [2.05, 4.69) is 17.6 Å². The third-order valence-electron chi connectivity index (χ3n) is 2.66. The van der Waals surface area contributed by atoms with Gasteiger partial charge in [0.25, 0.3) is 0 Å². The Balaban J connectivity index is 1.90. The third kappa shape index (κ3) is 4.61. The lowest BCUT2D eigenvalue weighted by molar-refractivity contribution is -0.121. The van der Waals surface area contributed by atoms with Crippen molar-refractivity contribution in [2.45, 2.75) is 39.7 Å². The maximum absolute atomic E-state index is 11.2. The van der Waals surface area contributed by atoms with Crippen molar-refractivity contribution in [3.63, 3.8) is 0 Å². The molecule has 82 valence electrons. The van der Waals surface area contributed by atoms with Gasteiger partial charge < -0.3 is 10.6 Å². The minimum absolute atomic E-state index is 0.149. The van der Waals surface area contributed by atoms with Crippen molar-refractivity contribution in [3.05, 3.63) is 0 Å². The molecule has 0 aromatic rings. The topological polar surface area (TPSA) is 41.1 Å². The largest absolute Gasteiger partial charge is 0.354 e. The summed E-state index contributed by atoms with van der Waals surface area (Å²) < 4.78 is 0. The van der Waals surface area contributed by atoms with Gasteiger partial charge in [0, 0.05) is 19.0 Å². The van der Waals surface area contributed by atoms with Crippen LogP contribution < -0.4 is 10.6 Å². The van der Waals surface area contributed by atoms with Crippen LogP contribution in [0.25, 0.3) is 0 Å². The molecule has 0 spiro atoms. The van der Waals surface area contributed by atoms with Crippen molar-refractivity contribution in [2.24, 2.45) is 11.8 Å². The van der Waals surface area contributed by atoms with Crippen LogP contribution in [-0.4, -0.2) is 25.0 Å². The summed E-state index contributed by atoms with van der Waals surface area (Å²) >= 11 is 0. The van der Waals surface area contributed by atoms with Crippen LogP contribution in [0.4, 0.5) is 0 Å². The van der Waals surface area contributed by atoms with E-state index in [1.165, 1.54) is 6.42 Å². The molecule has 0 aliphatic heterocycles. The normalized spacial score (nSPS) is 25.1. The monoisotopic (exact) mass is 198 g/mol. The molecule has 3 nitrogen and oxygen atoms in total. The molecule has 2 atom stereocenters. The third-order valence-corrected chi connectivity index (χ3v) is 2.66. The number of nitrogens with one attached hydrogen (secondary N) is 2. The molecule has 3 heteroatoms. The molecule has 1 aliphatic rings. The highest BCUT2D eigenvalue weighted by atomic mass is 16.1. The lowest BCUT2D eigenvalue weighted by Crippen LogP contribution is -2.32. The van der Waals surface area contributed by atoms with Gasteiger partial charge in [-0.2, -0.15) is 0 Å². The molecular formula is C11H22N2O. The highest BCUT2D eigenvalue weighted by Crippen LogP contribution is 2.36. The van der Waals surface area contributed by atoms with Gasteiger partial charge >= 0.3 is 0 Å². The maximum Gasteiger partial charge on any atom is 0.221 e. The van der Waals surface area contributed by atoms with Crippen molar-refractivity contribution in [1.82, 2.24) is 10.6 Å². The van der Waals surface area contributed by atoms with E-state index in [9.17, 15) is 4.79 Å². The highest BCUT2D eigenvalue weighted by molar-refractivity contribution is 5.76. The smallest absolute Gasteiger partial charge is 0.221 e. The number of amides is 1. The number of carbonyl (C=O) groups excluding carboxylic acids is 1. The zero-order valence-electron chi connectivity index (χ0n) is 9.47. The number of rotatable bonds is 6. The summed E-state index contributed by atoms with van der Waals surface area (Å²) in [5.41, 5.74) is 0. The lowest BCUT2D eigenvalue weighted by atomic mass is 10.3. The second-order valence-electron chi connectivity index (χ2n) is 4.65. The molecule has 1 fully saturated rings. The Morgan fingerprint density at radius 2 is 2.14 bits per heavy atom. The van der Waals surface area contributed by atoms with Gasteiger partial charge in [-0.25, -0.2) is 0 Å². The van der Waals surface area contributed by atoms with Gasteiger partial charge in [-0.1, -0.05) is 6.92 Å². The van der Waals surface area contributed by atoms with Crippen LogP contribution in [0.5, 0.6) is 0 Å². The Morgan fingerprint density at radius 3 is 2.64 bits per heavy atom. The molecule has 0 radical (unpaired) electrons. The van der Waals surface area contributed by atoms with E-state index in [0.717, 1.165) is 24.9 Å². The van der Waals surface area contributed by atoms with Crippen molar-refractivity contribution < 1.29 is 4.79 Å². The van der Waals surface area contributed by atoms with Crippen LogP contribution in [-0.2, 0) is 4.79 Å². The number of hydrogen-bond donors (Lipinski definition) is 2. The number of hydrogen-bond acceptors (Lipinski definition) is 2. The minimum Gasteiger partial charge on any atom is -0.354 e. The van der Waals surface area contributed by atoms with E-state index in [1.54, 1.807) is 0 Å². The molecule has 1 rings (SSSR count). The highest BCUT2D eigenvalue weighted by Gasteiger charge is 2.31. The molecule has 0 bridgehead atoms. The summed E-state index contributed by atoms with van der Waals surface area (Å²) in [5, 5.41) is 6.20. The average Bonchev–Trinajstić information content (AvgIpc) is 2.75. The van der Waals surface area contributed by atoms with Crippen molar-refractivity contribution >= 4 is 5.91 Å². The first-order valence-corrected chi connectivity index (χ1v) is 5.59. The molecule has 2 unspecified atom stereocenters. The van der Waals surface area contributed by atoms with Gasteiger partial charge in [0.1, 0.15) is 0 Å². The average molecular weight is 198 g/mol. The molecule has 1 amide bonds. The first-order valence-electron chi connectivity index (χ1n) is 5.59. The Kier molecular flexibility index (Phi) is 4.39. The zero-order valence-corrected chi connectivity index (χ0v) is 9.47. The van der Waals surface area contributed by atoms with E-state index in [1.807, 2.05) is 13.8 Å². The Labute approximate surface area is 86.6 Å². The summed E-state index contributed by atoms with van der Waals surface area (Å²) in [4.78, 5) is 11.2. The summed E-state index contributed by atoms with van der Waals surface area (Å²) in [7, 11) is 0. The summed E-state index contributed by atoms with van der Waals surface area (Å²) in [5.74, 6) is 1.91. The summed E-state index contributed by atoms with van der Waals surface area (Å²) in [6, 6.07) is 0.256.